The van der Waals surface area contributed by atoms with Gasteiger partial charge in [0.2, 0.25) is 11.9 Å². The monoisotopic (exact) mass is 478 g/mol. The first-order valence-electron chi connectivity index (χ1n) is 10.3. The molecule has 4 rings (SSSR count). The molecule has 0 spiro atoms. The minimum absolute atomic E-state index is 0.277. The van der Waals surface area contributed by atoms with Gasteiger partial charge < -0.3 is 10.6 Å². The highest BCUT2D eigenvalue weighted by atomic mass is 35.5. The molecule has 0 unspecified atom stereocenters. The second-order valence-electron chi connectivity index (χ2n) is 7.86. The number of nitrogen functional groups attached to an aromatic ring is 1. The summed E-state index contributed by atoms with van der Waals surface area (Å²) in [6.07, 6.45) is 3.00. The Labute approximate surface area is 197 Å². The Kier molecular flexibility index (Phi) is 7.23. The zero-order valence-corrected chi connectivity index (χ0v) is 19.3. The average molecular weight is 480 g/mol. The van der Waals surface area contributed by atoms with Gasteiger partial charge in [0.25, 0.3) is 0 Å². The molecular weight excluding hydrogens is 455 g/mol. The summed E-state index contributed by atoms with van der Waals surface area (Å²) in [6, 6.07) is 14.3. The summed E-state index contributed by atoms with van der Waals surface area (Å²) in [7, 11) is 0. The number of rotatable bonds is 7. The van der Waals surface area contributed by atoms with Crippen LogP contribution in [0.25, 0.3) is 0 Å². The van der Waals surface area contributed by atoms with Crippen molar-refractivity contribution < 1.29 is 0 Å². The smallest absolute Gasteiger partial charge is 0.241 e. The number of halogens is 3. The Bertz CT molecular complexity index is 978. The number of nitrogens with two attached hydrogens (primary N) is 1. The molecule has 0 amide bonds. The van der Waals surface area contributed by atoms with Crippen LogP contribution in [0.5, 0.6) is 0 Å². The van der Waals surface area contributed by atoms with Gasteiger partial charge in [-0.1, -0.05) is 46.9 Å². The summed E-state index contributed by atoms with van der Waals surface area (Å²) < 4.78 is 0. The second kappa shape index (κ2) is 10.1. The van der Waals surface area contributed by atoms with Crippen molar-refractivity contribution in [2.75, 3.05) is 30.3 Å². The van der Waals surface area contributed by atoms with Crippen molar-refractivity contribution in [1.82, 2.24) is 20.1 Å². The molecular formula is C22H25Cl3N6. The fourth-order valence-corrected chi connectivity index (χ4v) is 4.80. The molecule has 3 aromatic rings. The van der Waals surface area contributed by atoms with Gasteiger partial charge in [0.1, 0.15) is 0 Å². The summed E-state index contributed by atoms with van der Waals surface area (Å²) in [6.45, 7) is 3.53. The number of H-pyrrole nitrogens is 1. The van der Waals surface area contributed by atoms with E-state index < -0.39 is 0 Å². The first-order valence-corrected chi connectivity index (χ1v) is 11.5. The third kappa shape index (κ3) is 6.04. The minimum atomic E-state index is 0.277. The Hall–Kier alpha value is -1.99. The van der Waals surface area contributed by atoms with Crippen LogP contribution >= 0.6 is 34.8 Å². The number of nitrogens with one attached hydrogen (secondary N) is 1. The van der Waals surface area contributed by atoms with E-state index >= 15 is 0 Å². The van der Waals surface area contributed by atoms with Crippen molar-refractivity contribution in [2.45, 2.75) is 31.8 Å². The van der Waals surface area contributed by atoms with Crippen molar-refractivity contribution in [1.29, 1.82) is 0 Å². The highest BCUT2D eigenvalue weighted by Crippen LogP contribution is 2.25. The first-order chi connectivity index (χ1) is 15.0. The number of anilines is 2. The first kappa shape index (κ1) is 22.2. The molecule has 0 aliphatic carbocycles. The number of aromatic nitrogens is 3. The van der Waals surface area contributed by atoms with Crippen molar-refractivity contribution in [3.8, 4) is 0 Å². The fraction of sp³-hybridized carbons (Fsp3) is 0.364. The van der Waals surface area contributed by atoms with Crippen molar-refractivity contribution in [3.63, 3.8) is 0 Å². The molecule has 164 valence electrons. The Balaban J connectivity index is 1.45. The minimum Gasteiger partial charge on any atom is -0.366 e. The summed E-state index contributed by atoms with van der Waals surface area (Å²) >= 11 is 18.5. The number of hydrogen-bond acceptors (Lipinski definition) is 5. The van der Waals surface area contributed by atoms with E-state index in [9.17, 15) is 0 Å². The third-order valence-corrected chi connectivity index (χ3v) is 6.37. The van der Waals surface area contributed by atoms with Gasteiger partial charge in [0.05, 0.1) is 0 Å². The van der Waals surface area contributed by atoms with Gasteiger partial charge in [-0.3, -0.25) is 4.90 Å². The molecule has 31 heavy (non-hydrogen) atoms. The molecule has 1 aromatic heterocycles. The molecule has 1 aliphatic rings. The van der Waals surface area contributed by atoms with Crippen LogP contribution in [0.15, 0.2) is 42.5 Å². The van der Waals surface area contributed by atoms with Crippen LogP contribution in [0.3, 0.4) is 0 Å². The van der Waals surface area contributed by atoms with Crippen LogP contribution in [-0.4, -0.2) is 45.8 Å². The van der Waals surface area contributed by atoms with Gasteiger partial charge >= 0.3 is 0 Å². The number of hydrogen-bond donors (Lipinski definition) is 2. The van der Waals surface area contributed by atoms with E-state index in [1.165, 1.54) is 5.56 Å². The predicted octanol–water partition coefficient (Wildman–Crippen LogP) is 5.06. The van der Waals surface area contributed by atoms with Gasteiger partial charge in [-0.2, -0.15) is 4.98 Å². The molecule has 1 aliphatic heterocycles. The SMILES string of the molecule is Nc1n[nH]c(N2CCC(N(CCc3ccc(Cl)cc3)Cc3cc(Cl)cc(Cl)c3)CC2)n1. The van der Waals surface area contributed by atoms with Crippen molar-refractivity contribution in [2.24, 2.45) is 0 Å². The van der Waals surface area contributed by atoms with E-state index in [0.717, 1.165) is 62.0 Å². The van der Waals surface area contributed by atoms with E-state index in [1.807, 2.05) is 24.3 Å². The van der Waals surface area contributed by atoms with Gasteiger partial charge in [0.15, 0.2) is 0 Å². The topological polar surface area (TPSA) is 74.1 Å². The summed E-state index contributed by atoms with van der Waals surface area (Å²) in [5, 5.41) is 8.94. The van der Waals surface area contributed by atoms with E-state index in [2.05, 4.69) is 37.1 Å². The summed E-state index contributed by atoms with van der Waals surface area (Å²) in [4.78, 5) is 8.99. The molecule has 2 heterocycles. The molecule has 6 nitrogen and oxygen atoms in total. The van der Waals surface area contributed by atoms with Gasteiger partial charge in [-0.25, -0.2) is 5.10 Å². The van der Waals surface area contributed by atoms with Crippen LogP contribution in [0.4, 0.5) is 11.9 Å². The maximum absolute atomic E-state index is 6.25. The van der Waals surface area contributed by atoms with E-state index in [1.54, 1.807) is 6.07 Å². The maximum Gasteiger partial charge on any atom is 0.241 e. The van der Waals surface area contributed by atoms with Crippen LogP contribution in [0.2, 0.25) is 15.1 Å². The standard InChI is InChI=1S/C22H25Cl3N6/c23-17-3-1-15(2-4-17)5-8-31(14-16-11-18(24)13-19(25)12-16)20-6-9-30(10-7-20)22-27-21(26)28-29-22/h1-4,11-13,20H,5-10,14H2,(H3,26,27,28,29). The molecule has 0 bridgehead atoms. The molecule has 9 heteroatoms. The lowest BCUT2D eigenvalue weighted by atomic mass is 10.0. The lowest BCUT2D eigenvalue weighted by molar-refractivity contribution is 0.162. The van der Waals surface area contributed by atoms with E-state index in [0.29, 0.717) is 16.1 Å². The fourth-order valence-electron chi connectivity index (χ4n) is 4.10. The number of nitrogens with zero attached hydrogens (tertiary/aromatic N) is 4. The average Bonchev–Trinajstić information content (AvgIpc) is 3.18. The summed E-state index contributed by atoms with van der Waals surface area (Å²) in [5.41, 5.74) is 8.05. The van der Waals surface area contributed by atoms with Gasteiger partial charge in [-0.15, -0.1) is 5.10 Å². The van der Waals surface area contributed by atoms with Gasteiger partial charge in [-0.05, 0) is 60.7 Å². The molecule has 1 saturated heterocycles. The second-order valence-corrected chi connectivity index (χ2v) is 9.17. The largest absolute Gasteiger partial charge is 0.366 e. The molecule has 0 atom stereocenters. The maximum atomic E-state index is 6.25. The Morgan fingerprint density at radius 1 is 0.968 bits per heavy atom. The van der Waals surface area contributed by atoms with Crippen molar-refractivity contribution >= 4 is 46.7 Å². The molecule has 0 saturated carbocycles. The number of piperidine rings is 1. The molecule has 0 radical (unpaired) electrons. The highest BCUT2D eigenvalue weighted by molar-refractivity contribution is 6.34. The Morgan fingerprint density at radius 2 is 1.65 bits per heavy atom. The van der Waals surface area contributed by atoms with Crippen LogP contribution < -0.4 is 10.6 Å². The number of benzene rings is 2. The van der Waals surface area contributed by atoms with E-state index in [4.69, 9.17) is 40.5 Å². The summed E-state index contributed by atoms with van der Waals surface area (Å²) in [5.74, 6) is 1.02. The highest BCUT2D eigenvalue weighted by Gasteiger charge is 2.26. The molecule has 1 fully saturated rings. The Morgan fingerprint density at radius 3 is 2.26 bits per heavy atom. The van der Waals surface area contributed by atoms with Crippen LogP contribution in [0.1, 0.15) is 24.0 Å². The zero-order chi connectivity index (χ0) is 21.8. The quantitative estimate of drug-likeness (QED) is 0.495. The lowest BCUT2D eigenvalue weighted by Gasteiger charge is -2.38. The van der Waals surface area contributed by atoms with Gasteiger partial charge in [0, 0.05) is 47.3 Å². The normalized spacial score (nSPS) is 15.0. The van der Waals surface area contributed by atoms with Crippen molar-refractivity contribution in [3.05, 3.63) is 68.7 Å². The molecule has 2 aromatic carbocycles. The van der Waals surface area contributed by atoms with Crippen LogP contribution in [-0.2, 0) is 13.0 Å². The number of aromatic amines is 1. The third-order valence-electron chi connectivity index (χ3n) is 5.68. The van der Waals surface area contributed by atoms with E-state index in [-0.39, 0.29) is 5.95 Å². The predicted molar refractivity (Wildman–Crippen MR) is 128 cm³/mol. The zero-order valence-electron chi connectivity index (χ0n) is 17.1. The lowest BCUT2D eigenvalue weighted by Crippen LogP contribution is -2.45. The van der Waals surface area contributed by atoms with Crippen LogP contribution in [0, 0.1) is 0 Å². The molecule has 3 N–H and O–H groups in total.